The second kappa shape index (κ2) is 11.0. The Hall–Kier alpha value is -1.64. The van der Waals surface area contributed by atoms with Gasteiger partial charge in [-0.3, -0.25) is 4.90 Å². The van der Waals surface area contributed by atoms with E-state index < -0.39 is 0 Å². The maximum Gasteiger partial charge on any atom is 0.0667 e. The van der Waals surface area contributed by atoms with E-state index in [9.17, 15) is 5.11 Å². The smallest absolute Gasteiger partial charge is 0.0667 e. The number of aliphatic hydroxyl groups is 1. The number of unbranched alkanes of at least 4 members (excludes halogenated alkanes) is 3. The van der Waals surface area contributed by atoms with Crippen molar-refractivity contribution in [2.24, 2.45) is 0 Å². The molecule has 0 radical (unpaired) electrons. The van der Waals surface area contributed by atoms with Crippen LogP contribution in [-0.4, -0.2) is 22.7 Å². The van der Waals surface area contributed by atoms with E-state index in [0.717, 1.165) is 32.5 Å². The monoisotopic (exact) mass is 325 g/mol. The van der Waals surface area contributed by atoms with Gasteiger partial charge in [0, 0.05) is 19.6 Å². The molecule has 0 aliphatic carbocycles. The van der Waals surface area contributed by atoms with Crippen molar-refractivity contribution in [3.05, 3.63) is 71.8 Å². The van der Waals surface area contributed by atoms with Gasteiger partial charge in [0.25, 0.3) is 0 Å². The molecule has 2 aromatic rings. The molecule has 0 aromatic heterocycles. The van der Waals surface area contributed by atoms with Crippen LogP contribution in [0, 0.1) is 0 Å². The second-order valence-corrected chi connectivity index (χ2v) is 6.64. The van der Waals surface area contributed by atoms with E-state index in [1.807, 2.05) is 12.1 Å². The SMILES string of the molecule is CCCCCCC(O)CN(Cc1ccccc1)Cc1ccccc1. The van der Waals surface area contributed by atoms with E-state index in [2.05, 4.69) is 60.4 Å². The Morgan fingerprint density at radius 3 is 1.83 bits per heavy atom. The van der Waals surface area contributed by atoms with Crippen LogP contribution in [0.1, 0.15) is 50.2 Å². The van der Waals surface area contributed by atoms with Gasteiger partial charge in [-0.25, -0.2) is 0 Å². The van der Waals surface area contributed by atoms with Gasteiger partial charge in [0.2, 0.25) is 0 Å². The number of benzene rings is 2. The van der Waals surface area contributed by atoms with Crippen molar-refractivity contribution in [2.75, 3.05) is 6.54 Å². The van der Waals surface area contributed by atoms with Crippen LogP contribution in [0.25, 0.3) is 0 Å². The van der Waals surface area contributed by atoms with Crippen LogP contribution in [0.3, 0.4) is 0 Å². The molecule has 1 atom stereocenters. The highest BCUT2D eigenvalue weighted by atomic mass is 16.3. The molecule has 130 valence electrons. The fourth-order valence-electron chi connectivity index (χ4n) is 3.06. The minimum absolute atomic E-state index is 0.241. The summed E-state index contributed by atoms with van der Waals surface area (Å²) in [5, 5.41) is 10.4. The van der Waals surface area contributed by atoms with Crippen LogP contribution >= 0.6 is 0 Å². The molecule has 0 aliphatic heterocycles. The third-order valence-electron chi connectivity index (χ3n) is 4.36. The quantitative estimate of drug-likeness (QED) is 0.586. The molecule has 2 nitrogen and oxygen atoms in total. The summed E-state index contributed by atoms with van der Waals surface area (Å²) < 4.78 is 0. The highest BCUT2D eigenvalue weighted by Gasteiger charge is 2.13. The van der Waals surface area contributed by atoms with Crippen molar-refractivity contribution in [1.29, 1.82) is 0 Å². The molecule has 0 aliphatic rings. The summed E-state index contributed by atoms with van der Waals surface area (Å²) >= 11 is 0. The summed E-state index contributed by atoms with van der Waals surface area (Å²) in [6.07, 6.45) is 5.52. The molecule has 0 heterocycles. The highest BCUT2D eigenvalue weighted by molar-refractivity contribution is 5.17. The lowest BCUT2D eigenvalue weighted by Gasteiger charge is -2.25. The minimum Gasteiger partial charge on any atom is -0.392 e. The normalized spacial score (nSPS) is 12.5. The van der Waals surface area contributed by atoms with E-state index in [-0.39, 0.29) is 6.10 Å². The number of rotatable bonds is 11. The molecule has 0 saturated carbocycles. The summed E-state index contributed by atoms with van der Waals surface area (Å²) in [5.41, 5.74) is 2.60. The lowest BCUT2D eigenvalue weighted by atomic mass is 10.1. The fourth-order valence-corrected chi connectivity index (χ4v) is 3.06. The predicted octanol–water partition coefficient (Wildman–Crippen LogP) is 5.02. The first-order valence-electron chi connectivity index (χ1n) is 9.26. The maximum absolute atomic E-state index is 10.4. The van der Waals surface area contributed by atoms with Crippen LogP contribution < -0.4 is 0 Å². The standard InChI is InChI=1S/C22H31NO/c1-2-3-4-11-16-22(24)19-23(17-20-12-7-5-8-13-20)18-21-14-9-6-10-15-21/h5-10,12-15,22,24H,2-4,11,16-19H2,1H3. The summed E-state index contributed by atoms with van der Waals surface area (Å²) in [6.45, 7) is 4.71. The number of hydrogen-bond donors (Lipinski definition) is 1. The molecule has 0 amide bonds. The zero-order valence-electron chi connectivity index (χ0n) is 14.9. The van der Waals surface area contributed by atoms with Gasteiger partial charge in [0.15, 0.2) is 0 Å². The van der Waals surface area contributed by atoms with Gasteiger partial charge in [0.05, 0.1) is 6.10 Å². The first-order chi connectivity index (χ1) is 11.8. The van der Waals surface area contributed by atoms with E-state index in [4.69, 9.17) is 0 Å². The molecular formula is C22H31NO. The Morgan fingerprint density at radius 2 is 1.33 bits per heavy atom. The molecule has 0 spiro atoms. The van der Waals surface area contributed by atoms with Crippen LogP contribution in [0.15, 0.2) is 60.7 Å². The van der Waals surface area contributed by atoms with Gasteiger partial charge >= 0.3 is 0 Å². The summed E-state index contributed by atoms with van der Waals surface area (Å²) in [6, 6.07) is 21.1. The summed E-state index contributed by atoms with van der Waals surface area (Å²) in [7, 11) is 0. The topological polar surface area (TPSA) is 23.5 Å². The van der Waals surface area contributed by atoms with Gasteiger partial charge in [-0.1, -0.05) is 93.3 Å². The number of hydrogen-bond acceptors (Lipinski definition) is 2. The van der Waals surface area contributed by atoms with Crippen LogP contribution in [0.2, 0.25) is 0 Å². The van der Waals surface area contributed by atoms with Crippen molar-refractivity contribution < 1.29 is 5.11 Å². The van der Waals surface area contributed by atoms with E-state index in [1.54, 1.807) is 0 Å². The molecule has 2 rings (SSSR count). The number of nitrogens with zero attached hydrogens (tertiary/aromatic N) is 1. The Labute approximate surface area is 147 Å². The maximum atomic E-state index is 10.4. The third kappa shape index (κ3) is 7.29. The van der Waals surface area contributed by atoms with Gasteiger partial charge in [-0.15, -0.1) is 0 Å². The molecule has 2 heteroatoms. The summed E-state index contributed by atoms with van der Waals surface area (Å²) in [5.74, 6) is 0. The minimum atomic E-state index is -0.241. The molecule has 0 saturated heterocycles. The van der Waals surface area contributed by atoms with Crippen molar-refractivity contribution in [2.45, 2.75) is 58.2 Å². The second-order valence-electron chi connectivity index (χ2n) is 6.64. The molecule has 0 bridgehead atoms. The Bertz CT molecular complexity index is 499. The number of aliphatic hydroxyl groups excluding tert-OH is 1. The Kier molecular flexibility index (Phi) is 8.58. The van der Waals surface area contributed by atoms with E-state index in [0.29, 0.717) is 0 Å². The Balaban J connectivity index is 1.91. The van der Waals surface area contributed by atoms with Crippen molar-refractivity contribution in [1.82, 2.24) is 4.90 Å². The molecular weight excluding hydrogens is 294 g/mol. The van der Waals surface area contributed by atoms with Crippen molar-refractivity contribution >= 4 is 0 Å². The lowest BCUT2D eigenvalue weighted by Crippen LogP contribution is -2.31. The fraction of sp³-hybridized carbons (Fsp3) is 0.455. The molecule has 0 fully saturated rings. The zero-order valence-corrected chi connectivity index (χ0v) is 14.9. The van der Waals surface area contributed by atoms with E-state index in [1.165, 1.54) is 30.4 Å². The van der Waals surface area contributed by atoms with Crippen LogP contribution in [0.4, 0.5) is 0 Å². The van der Waals surface area contributed by atoms with E-state index >= 15 is 0 Å². The molecule has 2 aromatic carbocycles. The Morgan fingerprint density at radius 1 is 0.792 bits per heavy atom. The highest BCUT2D eigenvalue weighted by Crippen LogP contribution is 2.13. The first-order valence-corrected chi connectivity index (χ1v) is 9.26. The van der Waals surface area contributed by atoms with Crippen LogP contribution in [-0.2, 0) is 13.1 Å². The van der Waals surface area contributed by atoms with Gasteiger partial charge < -0.3 is 5.11 Å². The molecule has 1 unspecified atom stereocenters. The zero-order chi connectivity index (χ0) is 17.0. The third-order valence-corrected chi connectivity index (χ3v) is 4.36. The average molecular weight is 325 g/mol. The van der Waals surface area contributed by atoms with Crippen molar-refractivity contribution in [3.8, 4) is 0 Å². The van der Waals surface area contributed by atoms with Gasteiger partial charge in [0.1, 0.15) is 0 Å². The largest absolute Gasteiger partial charge is 0.392 e. The predicted molar refractivity (Wildman–Crippen MR) is 102 cm³/mol. The first kappa shape index (κ1) is 18.7. The molecule has 1 N–H and O–H groups in total. The summed E-state index contributed by atoms with van der Waals surface area (Å²) in [4.78, 5) is 2.36. The van der Waals surface area contributed by atoms with Gasteiger partial charge in [-0.2, -0.15) is 0 Å². The molecule has 24 heavy (non-hydrogen) atoms. The van der Waals surface area contributed by atoms with Crippen LogP contribution in [0.5, 0.6) is 0 Å². The van der Waals surface area contributed by atoms with Gasteiger partial charge in [-0.05, 0) is 17.5 Å². The van der Waals surface area contributed by atoms with Crippen molar-refractivity contribution in [3.63, 3.8) is 0 Å². The lowest BCUT2D eigenvalue weighted by molar-refractivity contribution is 0.0954. The average Bonchev–Trinajstić information content (AvgIpc) is 2.60.